The number of aliphatic hydroxyl groups excluding tert-OH is 2. The molecule has 0 rings (SSSR count). The molecule has 0 aromatic carbocycles. The van der Waals surface area contributed by atoms with Gasteiger partial charge in [0.05, 0.1) is 13.2 Å². The highest BCUT2D eigenvalue weighted by Crippen LogP contribution is 2.27. The summed E-state index contributed by atoms with van der Waals surface area (Å²) in [7, 11) is 0. The second-order valence-electron chi connectivity index (χ2n) is 5.44. The molecule has 136 valence electrons. The second kappa shape index (κ2) is 15.2. The molecule has 0 aliphatic rings. The Labute approximate surface area is 139 Å². The van der Waals surface area contributed by atoms with Crippen molar-refractivity contribution in [2.75, 3.05) is 13.2 Å². The number of hydrogen-bond donors (Lipinski definition) is 4. The molecule has 0 bridgehead atoms. The number of aliphatic carboxylic acids is 2. The van der Waals surface area contributed by atoms with E-state index in [1.807, 2.05) is 6.92 Å². The number of carboxylic acids is 2. The summed E-state index contributed by atoms with van der Waals surface area (Å²) >= 11 is 0. The fourth-order valence-corrected chi connectivity index (χ4v) is 1.16. The third-order valence-electron chi connectivity index (χ3n) is 3.21. The standard InChI is InChI=1S/C9H20O2.2C4H6O2/c1-3-5-6-9(4-2,7-10)8-11;2*1-3(2)4(5)6/h10-11H,3-8H2,1-2H3;2*1H2,2H3,(H,5,6). The SMILES string of the molecule is C=C(C)C(=O)O.C=C(C)C(=O)O.CCCCC(CC)(CO)CO. The summed E-state index contributed by atoms with van der Waals surface area (Å²) in [6, 6.07) is 0. The maximum absolute atomic E-state index is 9.60. The van der Waals surface area contributed by atoms with E-state index in [2.05, 4.69) is 20.1 Å². The van der Waals surface area contributed by atoms with Gasteiger partial charge in [-0.25, -0.2) is 9.59 Å². The Kier molecular flexibility index (Phi) is 17.4. The second-order valence-corrected chi connectivity index (χ2v) is 5.44. The summed E-state index contributed by atoms with van der Waals surface area (Å²) in [6.45, 7) is 13.6. The van der Waals surface area contributed by atoms with Gasteiger partial charge >= 0.3 is 11.9 Å². The Morgan fingerprint density at radius 3 is 1.35 bits per heavy atom. The molecule has 0 aromatic rings. The summed E-state index contributed by atoms with van der Waals surface area (Å²) in [5.74, 6) is -1.87. The zero-order chi connectivity index (χ0) is 19.1. The van der Waals surface area contributed by atoms with E-state index in [4.69, 9.17) is 20.4 Å². The molecule has 0 atom stereocenters. The summed E-state index contributed by atoms with van der Waals surface area (Å²) in [5, 5.41) is 33.9. The van der Waals surface area contributed by atoms with Gasteiger partial charge in [0.25, 0.3) is 0 Å². The lowest BCUT2D eigenvalue weighted by Gasteiger charge is -2.27. The quantitative estimate of drug-likeness (QED) is 0.508. The zero-order valence-corrected chi connectivity index (χ0v) is 14.8. The van der Waals surface area contributed by atoms with E-state index in [1.54, 1.807) is 0 Å². The van der Waals surface area contributed by atoms with Gasteiger partial charge in [-0.1, -0.05) is 39.8 Å². The molecule has 6 heteroatoms. The predicted octanol–water partition coefficient (Wildman–Crippen LogP) is 2.85. The van der Waals surface area contributed by atoms with Gasteiger partial charge in [-0.05, 0) is 26.7 Å². The van der Waals surface area contributed by atoms with Gasteiger partial charge in [0.2, 0.25) is 0 Å². The molecule has 0 saturated carbocycles. The van der Waals surface area contributed by atoms with Crippen LogP contribution in [0.15, 0.2) is 24.3 Å². The molecule has 0 unspecified atom stereocenters. The van der Waals surface area contributed by atoms with Crippen LogP contribution in [0, 0.1) is 5.41 Å². The minimum atomic E-state index is -0.935. The Hall–Kier alpha value is -1.66. The average Bonchev–Trinajstić information content (AvgIpc) is 2.50. The van der Waals surface area contributed by atoms with Crippen molar-refractivity contribution in [1.29, 1.82) is 0 Å². The topological polar surface area (TPSA) is 115 Å². The fourth-order valence-electron chi connectivity index (χ4n) is 1.16. The normalized spacial score (nSPS) is 9.65. The van der Waals surface area contributed by atoms with Crippen molar-refractivity contribution in [2.24, 2.45) is 5.41 Å². The van der Waals surface area contributed by atoms with Crippen molar-refractivity contribution < 1.29 is 30.0 Å². The Morgan fingerprint density at radius 2 is 1.22 bits per heavy atom. The maximum Gasteiger partial charge on any atom is 0.330 e. The van der Waals surface area contributed by atoms with Crippen molar-refractivity contribution in [1.82, 2.24) is 0 Å². The highest BCUT2D eigenvalue weighted by Gasteiger charge is 2.25. The van der Waals surface area contributed by atoms with Crippen molar-refractivity contribution in [3.8, 4) is 0 Å². The molecule has 0 saturated heterocycles. The predicted molar refractivity (Wildman–Crippen MR) is 91.3 cm³/mol. The lowest BCUT2D eigenvalue weighted by molar-refractivity contribution is -0.133. The van der Waals surface area contributed by atoms with Crippen LogP contribution in [0.25, 0.3) is 0 Å². The van der Waals surface area contributed by atoms with Gasteiger partial charge in [-0.3, -0.25) is 0 Å². The smallest absolute Gasteiger partial charge is 0.330 e. The largest absolute Gasteiger partial charge is 0.478 e. The first-order valence-corrected chi connectivity index (χ1v) is 7.52. The van der Waals surface area contributed by atoms with Crippen LogP contribution in [0.3, 0.4) is 0 Å². The van der Waals surface area contributed by atoms with E-state index in [-0.39, 0.29) is 29.8 Å². The van der Waals surface area contributed by atoms with Crippen molar-refractivity contribution in [3.63, 3.8) is 0 Å². The third-order valence-corrected chi connectivity index (χ3v) is 3.21. The number of carboxylic acid groups (broad SMARTS) is 2. The lowest BCUT2D eigenvalue weighted by atomic mass is 9.82. The molecule has 4 N–H and O–H groups in total. The molecule has 0 aliphatic heterocycles. The average molecular weight is 332 g/mol. The van der Waals surface area contributed by atoms with Crippen LogP contribution < -0.4 is 0 Å². The van der Waals surface area contributed by atoms with Gasteiger partial charge < -0.3 is 20.4 Å². The van der Waals surface area contributed by atoms with E-state index < -0.39 is 11.9 Å². The third kappa shape index (κ3) is 16.5. The van der Waals surface area contributed by atoms with E-state index in [9.17, 15) is 9.59 Å². The number of unbranched alkanes of at least 4 members (excludes halogenated alkanes) is 1. The van der Waals surface area contributed by atoms with Crippen molar-refractivity contribution in [2.45, 2.75) is 53.4 Å². The number of rotatable bonds is 8. The molecule has 23 heavy (non-hydrogen) atoms. The van der Waals surface area contributed by atoms with E-state index in [0.29, 0.717) is 0 Å². The molecule has 0 spiro atoms. The highest BCUT2D eigenvalue weighted by atomic mass is 16.4. The summed E-state index contributed by atoms with van der Waals surface area (Å²) in [4.78, 5) is 19.2. The molecule has 0 heterocycles. The van der Waals surface area contributed by atoms with Crippen LogP contribution in [0.4, 0.5) is 0 Å². The van der Waals surface area contributed by atoms with Crippen LogP contribution in [0.5, 0.6) is 0 Å². The zero-order valence-electron chi connectivity index (χ0n) is 14.8. The summed E-state index contributed by atoms with van der Waals surface area (Å²) in [6.07, 6.45) is 4.02. The summed E-state index contributed by atoms with van der Waals surface area (Å²) < 4.78 is 0. The van der Waals surface area contributed by atoms with Crippen LogP contribution >= 0.6 is 0 Å². The monoisotopic (exact) mass is 332 g/mol. The number of aliphatic hydroxyl groups is 2. The van der Waals surface area contributed by atoms with E-state index in [0.717, 1.165) is 25.7 Å². The highest BCUT2D eigenvalue weighted by molar-refractivity contribution is 5.85. The van der Waals surface area contributed by atoms with Crippen LogP contribution in [-0.4, -0.2) is 45.6 Å². The molecule has 0 amide bonds. The summed E-state index contributed by atoms with van der Waals surface area (Å²) in [5.41, 5.74) is 0.140. The molecule has 6 nitrogen and oxygen atoms in total. The van der Waals surface area contributed by atoms with Crippen LogP contribution in [0.2, 0.25) is 0 Å². The first-order valence-electron chi connectivity index (χ1n) is 7.52. The minimum absolute atomic E-state index is 0.111. The van der Waals surface area contributed by atoms with Crippen molar-refractivity contribution in [3.05, 3.63) is 24.3 Å². The van der Waals surface area contributed by atoms with Gasteiger partial charge in [0.15, 0.2) is 0 Å². The van der Waals surface area contributed by atoms with Gasteiger partial charge in [0.1, 0.15) is 0 Å². The maximum atomic E-state index is 9.60. The Morgan fingerprint density at radius 1 is 0.913 bits per heavy atom. The number of carbonyl (C=O) groups is 2. The lowest BCUT2D eigenvalue weighted by Crippen LogP contribution is -2.28. The van der Waals surface area contributed by atoms with Crippen LogP contribution in [-0.2, 0) is 9.59 Å². The molecule has 0 aromatic heterocycles. The Balaban J connectivity index is -0.000000284. The first-order chi connectivity index (χ1) is 10.5. The fraction of sp³-hybridized carbons (Fsp3) is 0.647. The molecule has 0 radical (unpaired) electrons. The molecule has 0 fully saturated rings. The number of hydrogen-bond acceptors (Lipinski definition) is 4. The van der Waals surface area contributed by atoms with E-state index in [1.165, 1.54) is 13.8 Å². The minimum Gasteiger partial charge on any atom is -0.478 e. The Bertz CT molecular complexity index is 313. The molecule has 0 aliphatic carbocycles. The molecular formula is C17H32O6. The van der Waals surface area contributed by atoms with Gasteiger partial charge in [-0.15, -0.1) is 0 Å². The first kappa shape index (κ1) is 26.2. The van der Waals surface area contributed by atoms with Crippen molar-refractivity contribution >= 4 is 11.9 Å². The van der Waals surface area contributed by atoms with Crippen LogP contribution in [0.1, 0.15) is 53.4 Å². The van der Waals surface area contributed by atoms with Gasteiger partial charge in [0, 0.05) is 16.6 Å². The van der Waals surface area contributed by atoms with E-state index >= 15 is 0 Å². The molecular weight excluding hydrogens is 300 g/mol. The van der Waals surface area contributed by atoms with Gasteiger partial charge in [-0.2, -0.15) is 0 Å².